The lowest BCUT2D eigenvalue weighted by atomic mass is 10.1. The maximum atomic E-state index is 13.0. The normalized spacial score (nSPS) is 14.9. The predicted octanol–water partition coefficient (Wildman–Crippen LogP) is 2.12. The molecule has 214 valence electrons. The first-order valence-electron chi connectivity index (χ1n) is 11.0. The maximum Gasteiger partial charge on any atom is 0.332 e. The topological polar surface area (TPSA) is 198 Å². The second kappa shape index (κ2) is 12.1. The summed E-state index contributed by atoms with van der Waals surface area (Å²) in [7, 11) is -7.00. The van der Waals surface area contributed by atoms with E-state index in [0.717, 1.165) is 12.1 Å². The molecule has 17 heteroatoms. The molecule has 1 aliphatic rings. The number of halogens is 2. The lowest BCUT2D eigenvalue weighted by molar-refractivity contribution is -0.120. The molecule has 1 aliphatic heterocycles. The van der Waals surface area contributed by atoms with E-state index in [0.29, 0.717) is 11.4 Å². The molecule has 0 saturated heterocycles. The Morgan fingerprint density at radius 2 is 1.72 bits per heavy atom. The zero-order valence-corrected chi connectivity index (χ0v) is 23.8. The van der Waals surface area contributed by atoms with Gasteiger partial charge < -0.3 is 21.1 Å². The highest BCUT2D eigenvalue weighted by Crippen LogP contribution is 2.34. The molecule has 0 spiro atoms. The van der Waals surface area contributed by atoms with Crippen molar-refractivity contribution in [2.75, 3.05) is 29.2 Å². The first kappa shape index (κ1) is 31.7. The quantitative estimate of drug-likeness (QED) is 0.310. The monoisotopic (exact) mass is 606 g/mol. The van der Waals surface area contributed by atoms with E-state index >= 15 is 0 Å². The van der Waals surface area contributed by atoms with Crippen molar-refractivity contribution in [2.24, 2.45) is 21.5 Å². The largest absolute Gasteiger partial charge is 0.482 e. The van der Waals surface area contributed by atoms with Crippen molar-refractivity contribution in [3.05, 3.63) is 47.5 Å². The van der Waals surface area contributed by atoms with E-state index in [1.165, 1.54) is 31.0 Å². The molecule has 2 aromatic carbocycles. The van der Waals surface area contributed by atoms with Gasteiger partial charge in [-0.25, -0.2) is 4.99 Å². The maximum absolute atomic E-state index is 13.0. The van der Waals surface area contributed by atoms with Crippen LogP contribution in [0.4, 0.5) is 15.3 Å². The number of carbonyl (C=O) groups excluding carboxylic acids is 1. The van der Waals surface area contributed by atoms with Crippen molar-refractivity contribution < 1.29 is 34.8 Å². The Balaban J connectivity index is 0.000000798. The van der Waals surface area contributed by atoms with Crippen LogP contribution in [0.3, 0.4) is 0 Å². The van der Waals surface area contributed by atoms with Crippen LogP contribution in [-0.2, 0) is 25.1 Å². The zero-order chi connectivity index (χ0) is 29.8. The highest BCUT2D eigenvalue weighted by atomic mass is 35.5. The van der Waals surface area contributed by atoms with Gasteiger partial charge in [0, 0.05) is 18.4 Å². The number of nitrogens with two attached hydrogens (primary N) is 2. The van der Waals surface area contributed by atoms with Crippen molar-refractivity contribution in [1.82, 2.24) is 0 Å². The summed E-state index contributed by atoms with van der Waals surface area (Å²) in [6.07, 6.45) is 0. The Bertz CT molecular complexity index is 1500. The van der Waals surface area contributed by atoms with Crippen LogP contribution in [0.1, 0.15) is 20.8 Å². The molecule has 0 atom stereocenters. The molecule has 0 fully saturated rings. The number of amides is 1. The Morgan fingerprint density at radius 3 is 2.18 bits per heavy atom. The van der Waals surface area contributed by atoms with Gasteiger partial charge in [0.1, 0.15) is 11.4 Å². The van der Waals surface area contributed by atoms with E-state index in [1.807, 2.05) is 13.8 Å². The fourth-order valence-corrected chi connectivity index (χ4v) is 3.90. The van der Waals surface area contributed by atoms with Gasteiger partial charge in [0.2, 0.25) is 11.9 Å². The Hall–Kier alpha value is -3.47. The third-order valence-electron chi connectivity index (χ3n) is 5.16. The van der Waals surface area contributed by atoms with Crippen LogP contribution in [0.25, 0.3) is 0 Å². The number of rotatable bonds is 7. The number of ether oxygens (including phenoxy) is 1. The highest BCUT2D eigenvalue weighted by molar-refractivity contribution is 7.86. The molecule has 0 radical (unpaired) electrons. The van der Waals surface area contributed by atoms with Gasteiger partial charge in [0.25, 0.3) is 16.0 Å². The Morgan fingerprint density at radius 1 is 1.15 bits per heavy atom. The number of carbonyl (C=O) groups is 1. The molecule has 0 saturated carbocycles. The minimum Gasteiger partial charge on any atom is -0.482 e. The fraction of sp³-hybridized carbons (Fsp3) is 0.318. The van der Waals surface area contributed by atoms with E-state index in [-0.39, 0.29) is 35.1 Å². The van der Waals surface area contributed by atoms with Crippen molar-refractivity contribution in [3.63, 3.8) is 0 Å². The summed E-state index contributed by atoms with van der Waals surface area (Å²) in [5, 5.41) is 0.228. The first-order chi connectivity index (χ1) is 17.9. The van der Waals surface area contributed by atoms with Crippen LogP contribution < -0.4 is 26.0 Å². The summed E-state index contributed by atoms with van der Waals surface area (Å²) in [5.41, 5.74) is 11.9. The van der Waals surface area contributed by atoms with E-state index < -0.39 is 36.8 Å². The lowest BCUT2D eigenvalue weighted by Gasteiger charge is -2.38. The molecule has 1 amide bonds. The Kier molecular flexibility index (Phi) is 9.89. The number of likely N-dealkylation sites (N-methyl/N-ethyl adjacent to an activating group) is 1. The number of aliphatic imine (C=N–C) groups is 2. The molecule has 13 nitrogen and oxygen atoms in total. The van der Waals surface area contributed by atoms with Gasteiger partial charge in [-0.05, 0) is 63.2 Å². The minimum atomic E-state index is -4.82. The van der Waals surface area contributed by atoms with Crippen LogP contribution in [0.5, 0.6) is 5.75 Å². The van der Waals surface area contributed by atoms with E-state index in [1.54, 1.807) is 23.1 Å². The summed E-state index contributed by atoms with van der Waals surface area (Å²) in [6.45, 7) is 4.64. The van der Waals surface area contributed by atoms with Gasteiger partial charge in [0.15, 0.2) is 6.61 Å². The molecule has 0 bridgehead atoms. The molecular weight excluding hydrogens is 579 g/mol. The van der Waals surface area contributed by atoms with E-state index in [9.17, 15) is 25.5 Å². The number of benzene rings is 2. The van der Waals surface area contributed by atoms with Gasteiger partial charge >= 0.3 is 10.2 Å². The summed E-state index contributed by atoms with van der Waals surface area (Å²) in [5.74, 6) is -0.157. The first-order valence-corrected chi connectivity index (χ1v) is 14.4. The van der Waals surface area contributed by atoms with Gasteiger partial charge in [-0.3, -0.25) is 14.2 Å². The number of hydrogen-bond acceptors (Lipinski definition) is 11. The molecule has 39 heavy (non-hydrogen) atoms. The van der Waals surface area contributed by atoms with Crippen LogP contribution in [0.2, 0.25) is 5.02 Å². The van der Waals surface area contributed by atoms with Crippen LogP contribution in [0, 0.1) is 0 Å². The number of nitrogens with zero attached hydrogens (tertiary/aromatic N) is 4. The highest BCUT2D eigenvalue weighted by Gasteiger charge is 2.33. The van der Waals surface area contributed by atoms with Crippen molar-refractivity contribution in [2.45, 2.75) is 31.3 Å². The third kappa shape index (κ3) is 8.77. The lowest BCUT2D eigenvalue weighted by Crippen LogP contribution is -2.54. The zero-order valence-electron chi connectivity index (χ0n) is 21.4. The average molecular weight is 607 g/mol. The summed E-state index contributed by atoms with van der Waals surface area (Å²) in [4.78, 5) is 23.1. The second-order valence-electron chi connectivity index (χ2n) is 8.43. The molecule has 3 rings (SSSR count). The summed E-state index contributed by atoms with van der Waals surface area (Å²) < 4.78 is 67.3. The molecule has 5 N–H and O–H groups in total. The smallest absolute Gasteiger partial charge is 0.332 e. The average Bonchev–Trinajstić information content (AvgIpc) is 2.81. The van der Waals surface area contributed by atoms with Crippen LogP contribution >= 0.6 is 11.6 Å². The van der Waals surface area contributed by atoms with E-state index in [4.69, 9.17) is 32.4 Å². The Labute approximate surface area is 230 Å². The standard InChI is InChI=1S/C20H22ClFN6O4S.C2H6O3S/c1-20(2)26-18(23)25-19(24)28(20)13-6-9-16(15(21)10-13)32-11-17(29)27(3)12-4-7-14(8-5-12)33(22,30)31;1-2-6(3,4)5/h4-10H,11H2,1-3H3,(H4,23,24,25,26);2H2,1H3,(H,3,4,5). The molecule has 0 aromatic heterocycles. The summed E-state index contributed by atoms with van der Waals surface area (Å²) >= 11 is 6.35. The van der Waals surface area contributed by atoms with Crippen molar-refractivity contribution in [3.8, 4) is 5.75 Å². The molecule has 0 unspecified atom stereocenters. The molecule has 2 aromatic rings. The minimum absolute atomic E-state index is 0.0726. The summed E-state index contributed by atoms with van der Waals surface area (Å²) in [6, 6.07) is 9.63. The van der Waals surface area contributed by atoms with E-state index in [2.05, 4.69) is 9.98 Å². The number of anilines is 2. The SMILES string of the molecule is CCS(=O)(=O)O.CN(C(=O)COc1ccc(N2C(N)=NC(N)=NC2(C)C)cc1Cl)c1ccc(S(=O)(=O)F)cc1. The van der Waals surface area contributed by atoms with Gasteiger partial charge in [-0.15, -0.1) is 3.89 Å². The van der Waals surface area contributed by atoms with Gasteiger partial charge in [0.05, 0.1) is 15.7 Å². The fourth-order valence-electron chi connectivity index (χ4n) is 3.21. The van der Waals surface area contributed by atoms with Gasteiger partial charge in [-0.1, -0.05) is 11.6 Å². The van der Waals surface area contributed by atoms with Gasteiger partial charge in [-0.2, -0.15) is 21.8 Å². The van der Waals surface area contributed by atoms with Crippen LogP contribution in [-0.4, -0.2) is 64.3 Å². The molecule has 0 aliphatic carbocycles. The number of hydrogen-bond donors (Lipinski definition) is 3. The van der Waals surface area contributed by atoms with Crippen LogP contribution in [0.15, 0.2) is 57.3 Å². The molecule has 1 heterocycles. The predicted molar refractivity (Wildman–Crippen MR) is 147 cm³/mol. The third-order valence-corrected chi connectivity index (χ3v) is 7.02. The van der Waals surface area contributed by atoms with Crippen molar-refractivity contribution in [1.29, 1.82) is 0 Å². The van der Waals surface area contributed by atoms with Crippen molar-refractivity contribution >= 4 is 61.1 Å². The number of guanidine groups is 2. The second-order valence-corrected chi connectivity index (χ2v) is 11.9. The molecular formula is C22H28ClFN6O7S2.